The lowest BCUT2D eigenvalue weighted by atomic mass is 10.2. The Morgan fingerprint density at radius 1 is 1.62 bits per heavy atom. The minimum atomic E-state index is 0.655. The molecule has 0 saturated heterocycles. The molecule has 0 bridgehead atoms. The zero-order valence-corrected chi connectivity index (χ0v) is 7.47. The van der Waals surface area contributed by atoms with Crippen molar-refractivity contribution in [3.63, 3.8) is 0 Å². The average molecular weight is 193 g/mol. The zero-order chi connectivity index (χ0) is 6.15. The van der Waals surface area contributed by atoms with Gasteiger partial charge in [0.05, 0.1) is 4.16 Å². The fraction of sp³-hybridized carbons (Fsp3) is 0.667. The Hall–Kier alpha value is 0.570. The monoisotopic (exact) mass is 192 g/mol. The summed E-state index contributed by atoms with van der Waals surface area (Å²) in [4.78, 5) is 1.49. The van der Waals surface area contributed by atoms with Gasteiger partial charge in [-0.3, -0.25) is 0 Å². The first-order chi connectivity index (χ1) is 3.70. The molecule has 0 amide bonds. The third kappa shape index (κ3) is 1.29. The van der Waals surface area contributed by atoms with Crippen LogP contribution < -0.4 is 0 Å². The predicted octanol–water partition coefficient (Wildman–Crippen LogP) is 3.14. The largest absolute Gasteiger partial charge is 0.116 e. The van der Waals surface area contributed by atoms with Crippen molar-refractivity contribution in [3.8, 4) is 0 Å². The van der Waals surface area contributed by atoms with Gasteiger partial charge in [0.1, 0.15) is 0 Å². The van der Waals surface area contributed by atoms with Crippen LogP contribution in [0.25, 0.3) is 0 Å². The zero-order valence-electron chi connectivity index (χ0n) is 5.07. The number of thioether (sulfide) groups is 1. The Morgan fingerprint density at radius 2 is 2.25 bits per heavy atom. The number of allylic oxidation sites excluding steroid dienone is 2. The molecule has 0 nitrogen and oxygen atoms in total. The van der Waals surface area contributed by atoms with Gasteiger partial charge < -0.3 is 0 Å². The molecule has 1 rings (SSSR count). The van der Waals surface area contributed by atoms with Crippen LogP contribution in [-0.2, 0) is 0 Å². The molecule has 0 spiro atoms. The Labute approximate surface area is 62.9 Å². The van der Waals surface area contributed by atoms with Gasteiger partial charge in [0, 0.05) is 0 Å². The number of rotatable bonds is 0. The predicted molar refractivity (Wildman–Crippen MR) is 43.3 cm³/mol. The maximum atomic E-state index is 3.54. The van der Waals surface area contributed by atoms with Crippen LogP contribution in [0.1, 0.15) is 20.3 Å². The lowest BCUT2D eigenvalue weighted by molar-refractivity contribution is 1.10. The highest BCUT2D eigenvalue weighted by Crippen LogP contribution is 2.39. The van der Waals surface area contributed by atoms with E-state index in [0.29, 0.717) is 4.16 Å². The van der Waals surface area contributed by atoms with E-state index in [1.54, 1.807) is 0 Å². The van der Waals surface area contributed by atoms with Gasteiger partial charge in [0.2, 0.25) is 0 Å². The summed E-state index contributed by atoms with van der Waals surface area (Å²) >= 11 is 5.47. The van der Waals surface area contributed by atoms with Gasteiger partial charge in [-0.25, -0.2) is 0 Å². The summed E-state index contributed by atoms with van der Waals surface area (Å²) in [6, 6.07) is 0. The molecule has 1 unspecified atom stereocenters. The first kappa shape index (κ1) is 6.69. The Bertz CT molecular complexity index is 114. The quantitative estimate of drug-likeness (QED) is 0.532. The molecular formula is C6H9BrS. The van der Waals surface area contributed by atoms with E-state index in [9.17, 15) is 0 Å². The lowest BCUT2D eigenvalue weighted by Gasteiger charge is -1.93. The van der Waals surface area contributed by atoms with E-state index < -0.39 is 0 Å². The first-order valence-corrected chi connectivity index (χ1v) is 4.47. The van der Waals surface area contributed by atoms with E-state index in [1.165, 1.54) is 16.9 Å². The summed E-state index contributed by atoms with van der Waals surface area (Å²) in [7, 11) is 0. The number of hydrogen-bond acceptors (Lipinski definition) is 1. The summed E-state index contributed by atoms with van der Waals surface area (Å²) in [5.74, 6) is 0. The third-order valence-electron chi connectivity index (χ3n) is 1.37. The van der Waals surface area contributed by atoms with Gasteiger partial charge in [-0.15, -0.1) is 11.8 Å². The average Bonchev–Trinajstić information content (AvgIpc) is 1.85. The van der Waals surface area contributed by atoms with Crippen LogP contribution in [0.15, 0.2) is 10.5 Å². The summed E-state index contributed by atoms with van der Waals surface area (Å²) in [6.07, 6.45) is 1.22. The van der Waals surface area contributed by atoms with Crippen LogP contribution in [0.5, 0.6) is 0 Å². The molecule has 2 heteroatoms. The Balaban J connectivity index is 2.60. The van der Waals surface area contributed by atoms with Crippen molar-refractivity contribution >= 4 is 27.7 Å². The van der Waals surface area contributed by atoms with Crippen LogP contribution in [0.2, 0.25) is 0 Å². The van der Waals surface area contributed by atoms with Crippen LogP contribution in [-0.4, -0.2) is 4.16 Å². The highest BCUT2D eigenvalue weighted by molar-refractivity contribution is 9.11. The summed E-state index contributed by atoms with van der Waals surface area (Å²) in [6.45, 7) is 4.38. The Morgan fingerprint density at radius 3 is 2.38 bits per heavy atom. The van der Waals surface area contributed by atoms with Crippen molar-refractivity contribution in [1.82, 2.24) is 0 Å². The molecule has 1 atom stereocenters. The fourth-order valence-electron chi connectivity index (χ4n) is 0.719. The van der Waals surface area contributed by atoms with Crippen LogP contribution in [0, 0.1) is 0 Å². The van der Waals surface area contributed by atoms with Crippen LogP contribution >= 0.6 is 27.7 Å². The molecule has 0 N–H and O–H groups in total. The van der Waals surface area contributed by atoms with Crippen molar-refractivity contribution in [3.05, 3.63) is 10.5 Å². The molecule has 1 aliphatic heterocycles. The lowest BCUT2D eigenvalue weighted by Crippen LogP contribution is -1.80. The van der Waals surface area contributed by atoms with E-state index in [0.717, 1.165) is 0 Å². The molecule has 0 aromatic heterocycles. The Kier molecular flexibility index (Phi) is 2.04. The summed E-state index contributed by atoms with van der Waals surface area (Å²) < 4.78 is 0.655. The molecule has 1 heterocycles. The van der Waals surface area contributed by atoms with Gasteiger partial charge in [-0.2, -0.15) is 0 Å². The topological polar surface area (TPSA) is 0 Å². The molecule has 8 heavy (non-hydrogen) atoms. The van der Waals surface area contributed by atoms with Crippen molar-refractivity contribution < 1.29 is 0 Å². The molecule has 0 aromatic rings. The summed E-state index contributed by atoms with van der Waals surface area (Å²) in [5.41, 5.74) is 1.54. The van der Waals surface area contributed by atoms with Crippen molar-refractivity contribution in [2.24, 2.45) is 0 Å². The van der Waals surface area contributed by atoms with E-state index in [2.05, 4.69) is 29.8 Å². The second-order valence-corrected chi connectivity index (χ2v) is 5.20. The minimum absolute atomic E-state index is 0.655. The van der Waals surface area contributed by atoms with Gasteiger partial charge in [0.25, 0.3) is 0 Å². The van der Waals surface area contributed by atoms with E-state index >= 15 is 0 Å². The fourth-order valence-corrected chi connectivity index (χ4v) is 3.05. The van der Waals surface area contributed by atoms with Crippen molar-refractivity contribution in [1.29, 1.82) is 0 Å². The summed E-state index contributed by atoms with van der Waals surface area (Å²) in [5, 5.41) is 0. The normalized spacial score (nSPS) is 29.6. The molecule has 46 valence electrons. The molecule has 0 aliphatic carbocycles. The van der Waals surface area contributed by atoms with Gasteiger partial charge in [0.15, 0.2) is 0 Å². The van der Waals surface area contributed by atoms with Crippen LogP contribution in [0.3, 0.4) is 0 Å². The maximum absolute atomic E-state index is 3.54. The molecule has 1 aliphatic rings. The highest BCUT2D eigenvalue weighted by Gasteiger charge is 2.15. The smallest absolute Gasteiger partial charge is 0.0681 e. The first-order valence-electron chi connectivity index (χ1n) is 2.67. The number of alkyl halides is 1. The molecule has 0 saturated carbocycles. The number of hydrogen-bond donors (Lipinski definition) is 0. The minimum Gasteiger partial charge on any atom is -0.116 e. The SMILES string of the molecule is CC1=C(C)SC(Br)C1. The second-order valence-electron chi connectivity index (χ2n) is 2.07. The van der Waals surface area contributed by atoms with E-state index in [-0.39, 0.29) is 0 Å². The second kappa shape index (κ2) is 2.44. The van der Waals surface area contributed by atoms with Gasteiger partial charge >= 0.3 is 0 Å². The van der Waals surface area contributed by atoms with Crippen molar-refractivity contribution in [2.75, 3.05) is 0 Å². The molecule has 0 radical (unpaired) electrons. The molecule has 0 fully saturated rings. The highest BCUT2D eigenvalue weighted by atomic mass is 79.9. The standard InChI is InChI=1S/C6H9BrS/c1-4-3-6(7)8-5(4)2/h6H,3H2,1-2H3. The maximum Gasteiger partial charge on any atom is 0.0681 e. The van der Waals surface area contributed by atoms with E-state index in [1.807, 2.05) is 11.8 Å². The third-order valence-corrected chi connectivity index (χ3v) is 3.38. The molecule has 0 aromatic carbocycles. The van der Waals surface area contributed by atoms with Gasteiger partial charge in [-0.1, -0.05) is 21.5 Å². The van der Waals surface area contributed by atoms with Crippen molar-refractivity contribution in [2.45, 2.75) is 24.4 Å². The number of halogens is 1. The molecular weight excluding hydrogens is 184 g/mol. The van der Waals surface area contributed by atoms with E-state index in [4.69, 9.17) is 0 Å². The van der Waals surface area contributed by atoms with Crippen LogP contribution in [0.4, 0.5) is 0 Å². The van der Waals surface area contributed by atoms with Gasteiger partial charge in [-0.05, 0) is 25.2 Å².